The van der Waals surface area contributed by atoms with Gasteiger partial charge in [0.15, 0.2) is 0 Å². The molecule has 0 atom stereocenters. The van der Waals surface area contributed by atoms with Crippen LogP contribution in [-0.2, 0) is 9.90 Å². The number of carbonyl (C=O) groups excluding carboxylic acids is 1. The van der Waals surface area contributed by atoms with Gasteiger partial charge in [-0.2, -0.15) is 0 Å². The molecule has 0 saturated heterocycles. The van der Waals surface area contributed by atoms with Gasteiger partial charge in [0.05, 0.1) is 0 Å². The summed E-state index contributed by atoms with van der Waals surface area (Å²) < 4.78 is 0. The van der Waals surface area contributed by atoms with E-state index < -0.39 is 5.97 Å². The highest BCUT2D eigenvalue weighted by Crippen LogP contribution is 1.64. The van der Waals surface area contributed by atoms with Crippen molar-refractivity contribution >= 4 is 16.2 Å². The molecule has 0 fully saturated rings. The van der Waals surface area contributed by atoms with Crippen molar-refractivity contribution in [3.05, 3.63) is 0 Å². The van der Waals surface area contributed by atoms with E-state index in [0.29, 0.717) is 10.2 Å². The fourth-order valence-corrected chi connectivity index (χ4v) is 0. The second-order valence-electron chi connectivity index (χ2n) is 0.726. The summed E-state index contributed by atoms with van der Waals surface area (Å²) in [5.74, 6) is -0.934. The molecule has 0 heterocycles. The Morgan fingerprint density at radius 1 is 1.80 bits per heavy atom. The van der Waals surface area contributed by atoms with Crippen molar-refractivity contribution in [3.8, 4) is 0 Å². The lowest BCUT2D eigenvalue weighted by atomic mass is 10.8. The summed E-state index contributed by atoms with van der Waals surface area (Å²) in [5.41, 5.74) is 0. The van der Waals surface area contributed by atoms with E-state index in [1.54, 1.807) is 0 Å². The maximum absolute atomic E-state index is 9.29. The van der Waals surface area contributed by atoms with Gasteiger partial charge in [0, 0.05) is 16.3 Å². The van der Waals surface area contributed by atoms with Gasteiger partial charge in [0.1, 0.15) is 0 Å². The van der Waals surface area contributed by atoms with Crippen LogP contribution in [0.25, 0.3) is 0 Å². The number of hydrogen-bond donors (Lipinski definition) is 0. The van der Waals surface area contributed by atoms with Crippen molar-refractivity contribution in [2.45, 2.75) is 6.04 Å². The smallest absolute Gasteiger partial charge is 0.248 e. The van der Waals surface area contributed by atoms with Gasteiger partial charge in [-0.05, 0) is 0 Å². The third-order valence-corrected chi connectivity index (χ3v) is 0.866. The van der Waals surface area contributed by atoms with E-state index in [1.165, 1.54) is 0 Å². The molecule has 1 radical (unpaired) electrons. The van der Waals surface area contributed by atoms with E-state index in [-0.39, 0.29) is 6.04 Å². The molecule has 0 amide bonds. The first-order chi connectivity index (χ1) is 2.27. The minimum Gasteiger partial charge on any atom is -0.248 e. The monoisotopic (exact) mass is 89.0 g/mol. The maximum Gasteiger partial charge on any atom is 0.352 e. The minimum atomic E-state index is -0.934. The van der Waals surface area contributed by atoms with E-state index in [9.17, 15) is 9.90 Å². The molecule has 0 aromatic carbocycles. The molecule has 0 N–H and O–H groups in total. The van der Waals surface area contributed by atoms with E-state index in [2.05, 4.69) is 0 Å². The first-order valence-corrected chi connectivity index (χ1v) is 2.88. The number of rotatable bonds is 1. The van der Waals surface area contributed by atoms with Crippen molar-refractivity contribution in [1.29, 1.82) is 0 Å². The zero-order valence-electron chi connectivity index (χ0n) is 3.02. The zero-order chi connectivity index (χ0) is 4.28. The zero-order valence-corrected chi connectivity index (χ0v) is 5.02. The van der Waals surface area contributed by atoms with Crippen LogP contribution in [0.1, 0.15) is 0 Å². The predicted molar refractivity (Wildman–Crippen MR) is 20.4 cm³/mol. The van der Waals surface area contributed by atoms with Crippen molar-refractivity contribution in [2.24, 2.45) is 0 Å². The highest BCUT2D eigenvalue weighted by molar-refractivity contribution is 6.18. The Morgan fingerprint density at radius 3 is 2.00 bits per heavy atom. The van der Waals surface area contributed by atoms with Crippen molar-refractivity contribution in [1.82, 2.24) is 0 Å². The molecule has 0 aromatic heterocycles. The Morgan fingerprint density at radius 2 is 2.00 bits per heavy atom. The van der Waals surface area contributed by atoms with Crippen LogP contribution in [0.15, 0.2) is 0 Å². The van der Waals surface area contributed by atoms with Crippen LogP contribution in [-0.4, -0.2) is 16.2 Å². The molecule has 0 unspecified atom stereocenters. The van der Waals surface area contributed by atoms with Gasteiger partial charge in [-0.25, -0.2) is 9.90 Å². The van der Waals surface area contributed by atoms with Gasteiger partial charge < -0.3 is 0 Å². The lowest BCUT2D eigenvalue weighted by Gasteiger charge is -1.65. The van der Waals surface area contributed by atoms with Crippen molar-refractivity contribution in [2.75, 3.05) is 0 Å². The Bertz CT molecular complexity index is 42.9. The molecule has 0 spiro atoms. The highest BCUT2D eigenvalue weighted by atomic mass is 28.1. The van der Waals surface area contributed by atoms with Gasteiger partial charge in [-0.3, -0.25) is 0 Å². The first-order valence-electron chi connectivity index (χ1n) is 1.47. The molecule has 5 heavy (non-hydrogen) atoms. The Balaban J connectivity index is 2.85. The van der Waals surface area contributed by atoms with Gasteiger partial charge in [0.2, 0.25) is 0 Å². The lowest BCUT2D eigenvalue weighted by Crippen LogP contribution is -1.86. The van der Waals surface area contributed by atoms with Crippen LogP contribution >= 0.6 is 0 Å². The average molecular weight is 89.1 g/mol. The Labute approximate surface area is 33.2 Å². The summed E-state index contributed by atoms with van der Waals surface area (Å²) in [4.78, 5) is 9.29. The quantitative estimate of drug-likeness (QED) is 0.369. The van der Waals surface area contributed by atoms with Crippen LogP contribution in [0, 0.1) is 0 Å². The predicted octanol–water partition coefficient (Wildman–Crippen LogP) is -1.27. The number of carbonyl (C=O) groups is 1. The molecule has 29 valence electrons. The molecule has 0 aromatic rings. The van der Waals surface area contributed by atoms with Gasteiger partial charge in [-0.1, -0.05) is 0 Å². The summed E-state index contributed by atoms with van der Waals surface area (Å²) in [7, 11) is 0.711. The van der Waals surface area contributed by atoms with Gasteiger partial charge in [0.25, 0.3) is 0 Å². The molecule has 0 saturated carbocycles. The average Bonchev–Trinajstić information content (AvgIpc) is 1.38. The SMILES string of the molecule is [O]C(=O)C[SiH3]. The van der Waals surface area contributed by atoms with Crippen LogP contribution in [0.3, 0.4) is 0 Å². The second kappa shape index (κ2) is 1.96. The largest absolute Gasteiger partial charge is 0.352 e. The molecule has 0 rings (SSSR count). The van der Waals surface area contributed by atoms with E-state index in [4.69, 9.17) is 0 Å². The molecular formula is C2H5O2Si. The van der Waals surface area contributed by atoms with Gasteiger partial charge in [-0.15, -0.1) is 0 Å². The first kappa shape index (κ1) is 4.69. The molecule has 3 heteroatoms. The molecule has 2 nitrogen and oxygen atoms in total. The Hall–Kier alpha value is -0.313. The summed E-state index contributed by atoms with van der Waals surface area (Å²) in [5, 5.41) is 9.29. The summed E-state index contributed by atoms with van der Waals surface area (Å²) in [6, 6.07) is 0.250. The van der Waals surface area contributed by atoms with Crippen LogP contribution in [0.4, 0.5) is 0 Å². The summed E-state index contributed by atoms with van der Waals surface area (Å²) >= 11 is 0. The fraction of sp³-hybridized carbons (Fsp3) is 0.500. The minimum absolute atomic E-state index is 0.250. The third-order valence-electron chi connectivity index (χ3n) is 0.289. The van der Waals surface area contributed by atoms with E-state index >= 15 is 0 Å². The molecule has 0 aliphatic carbocycles. The highest BCUT2D eigenvalue weighted by Gasteiger charge is 1.85. The van der Waals surface area contributed by atoms with Crippen LogP contribution in [0.2, 0.25) is 6.04 Å². The normalized spacial score (nSPS) is 8.00. The maximum atomic E-state index is 9.29. The summed E-state index contributed by atoms with van der Waals surface area (Å²) in [6.45, 7) is 0. The lowest BCUT2D eigenvalue weighted by molar-refractivity contribution is -0.140. The van der Waals surface area contributed by atoms with Crippen LogP contribution < -0.4 is 0 Å². The van der Waals surface area contributed by atoms with Crippen LogP contribution in [0.5, 0.6) is 0 Å². The van der Waals surface area contributed by atoms with Gasteiger partial charge >= 0.3 is 5.97 Å². The topological polar surface area (TPSA) is 37.0 Å². The second-order valence-corrected chi connectivity index (χ2v) is 1.43. The third kappa shape index (κ3) is 3.69. The Kier molecular flexibility index (Phi) is 1.84. The fourth-order valence-electron chi connectivity index (χ4n) is 0. The summed E-state index contributed by atoms with van der Waals surface area (Å²) in [6.07, 6.45) is 0. The van der Waals surface area contributed by atoms with Crippen molar-refractivity contribution < 1.29 is 9.90 Å². The molecule has 0 aliphatic heterocycles. The molecular weight excluding hydrogens is 84.1 g/mol. The van der Waals surface area contributed by atoms with E-state index in [1.807, 2.05) is 0 Å². The molecule has 0 bridgehead atoms. The van der Waals surface area contributed by atoms with E-state index in [0.717, 1.165) is 0 Å². The van der Waals surface area contributed by atoms with Crippen molar-refractivity contribution in [3.63, 3.8) is 0 Å². The molecule has 0 aliphatic rings. The standard InChI is InChI=1S/C2H5O2Si/c3-2(4)1-5/h1H2,5H3. The number of hydrogen-bond acceptors (Lipinski definition) is 1.